The molecule has 1 aromatic carbocycles. The van der Waals surface area contributed by atoms with Gasteiger partial charge >= 0.3 is 0 Å². The normalized spacial score (nSPS) is 25.7. The molecular weight excluding hydrogens is 226 g/mol. The molecule has 18 heavy (non-hydrogen) atoms. The SMILES string of the molecule is C[C@H]([C@@H]1COc2ccccc2O1)N1CCCCC1. The zero-order chi connectivity index (χ0) is 12.4. The summed E-state index contributed by atoms with van der Waals surface area (Å²) in [7, 11) is 0. The van der Waals surface area contributed by atoms with E-state index >= 15 is 0 Å². The number of benzene rings is 1. The third kappa shape index (κ3) is 2.32. The molecule has 0 radical (unpaired) electrons. The molecule has 0 amide bonds. The van der Waals surface area contributed by atoms with Crippen LogP contribution in [0.25, 0.3) is 0 Å². The molecular formula is C15H21NO2. The Morgan fingerprint density at radius 2 is 1.83 bits per heavy atom. The molecule has 0 aliphatic carbocycles. The topological polar surface area (TPSA) is 21.7 Å². The summed E-state index contributed by atoms with van der Waals surface area (Å²) in [4.78, 5) is 2.53. The molecule has 2 aliphatic rings. The van der Waals surface area contributed by atoms with Crippen molar-refractivity contribution in [1.82, 2.24) is 4.90 Å². The summed E-state index contributed by atoms with van der Waals surface area (Å²) in [5, 5.41) is 0. The van der Waals surface area contributed by atoms with Crippen molar-refractivity contribution in [1.29, 1.82) is 0 Å². The van der Waals surface area contributed by atoms with Crippen molar-refractivity contribution in [2.24, 2.45) is 0 Å². The molecule has 3 rings (SSSR count). The van der Waals surface area contributed by atoms with Crippen LogP contribution in [0.2, 0.25) is 0 Å². The quantitative estimate of drug-likeness (QED) is 0.802. The van der Waals surface area contributed by atoms with Gasteiger partial charge in [-0.15, -0.1) is 0 Å². The first kappa shape index (κ1) is 11.8. The van der Waals surface area contributed by atoms with Crippen LogP contribution in [0.1, 0.15) is 26.2 Å². The van der Waals surface area contributed by atoms with Crippen LogP contribution in [0, 0.1) is 0 Å². The maximum Gasteiger partial charge on any atom is 0.161 e. The van der Waals surface area contributed by atoms with E-state index in [4.69, 9.17) is 9.47 Å². The molecule has 0 N–H and O–H groups in total. The Balaban J connectivity index is 1.67. The van der Waals surface area contributed by atoms with Crippen LogP contribution < -0.4 is 9.47 Å². The maximum absolute atomic E-state index is 6.08. The van der Waals surface area contributed by atoms with Crippen molar-refractivity contribution in [2.45, 2.75) is 38.3 Å². The number of rotatable bonds is 2. The van der Waals surface area contributed by atoms with Gasteiger partial charge in [0.25, 0.3) is 0 Å². The van der Waals surface area contributed by atoms with E-state index in [0.717, 1.165) is 11.5 Å². The Bertz CT molecular complexity index is 401. The Hall–Kier alpha value is -1.22. The van der Waals surface area contributed by atoms with Crippen LogP contribution in [0.15, 0.2) is 24.3 Å². The Kier molecular flexibility index (Phi) is 3.41. The van der Waals surface area contributed by atoms with Crippen LogP contribution in [-0.4, -0.2) is 36.7 Å². The summed E-state index contributed by atoms with van der Waals surface area (Å²) in [6, 6.07) is 8.37. The largest absolute Gasteiger partial charge is 0.486 e. The van der Waals surface area contributed by atoms with Gasteiger partial charge in [0.2, 0.25) is 0 Å². The van der Waals surface area contributed by atoms with Gasteiger partial charge in [0.05, 0.1) is 0 Å². The number of para-hydroxylation sites is 2. The second kappa shape index (κ2) is 5.19. The second-order valence-electron chi connectivity index (χ2n) is 5.25. The van der Waals surface area contributed by atoms with Crippen LogP contribution >= 0.6 is 0 Å². The van der Waals surface area contributed by atoms with Gasteiger partial charge in [0.1, 0.15) is 12.7 Å². The van der Waals surface area contributed by atoms with Crippen molar-refractivity contribution < 1.29 is 9.47 Å². The van der Waals surface area contributed by atoms with E-state index in [1.807, 2.05) is 24.3 Å². The molecule has 0 saturated carbocycles. The molecule has 98 valence electrons. The number of fused-ring (bicyclic) bond motifs is 1. The fourth-order valence-corrected chi connectivity index (χ4v) is 2.83. The fraction of sp³-hybridized carbons (Fsp3) is 0.600. The van der Waals surface area contributed by atoms with Crippen molar-refractivity contribution in [3.05, 3.63) is 24.3 Å². The number of hydrogen-bond acceptors (Lipinski definition) is 3. The summed E-state index contributed by atoms with van der Waals surface area (Å²) in [5.41, 5.74) is 0. The fourth-order valence-electron chi connectivity index (χ4n) is 2.83. The average Bonchev–Trinajstić information content (AvgIpc) is 2.47. The van der Waals surface area contributed by atoms with Gasteiger partial charge in [-0.1, -0.05) is 18.6 Å². The Labute approximate surface area is 109 Å². The number of ether oxygens (including phenoxy) is 2. The van der Waals surface area contributed by atoms with E-state index in [-0.39, 0.29) is 6.10 Å². The van der Waals surface area contributed by atoms with Gasteiger partial charge in [0, 0.05) is 6.04 Å². The van der Waals surface area contributed by atoms with E-state index in [0.29, 0.717) is 12.6 Å². The lowest BCUT2D eigenvalue weighted by molar-refractivity contribution is 0.0141. The summed E-state index contributed by atoms with van der Waals surface area (Å²) < 4.78 is 11.9. The van der Waals surface area contributed by atoms with Crippen LogP contribution in [0.4, 0.5) is 0 Å². The number of nitrogens with zero attached hydrogens (tertiary/aromatic N) is 1. The minimum Gasteiger partial charge on any atom is -0.486 e. The van der Waals surface area contributed by atoms with E-state index in [1.165, 1.54) is 32.4 Å². The highest BCUT2D eigenvalue weighted by Gasteiger charge is 2.30. The minimum atomic E-state index is 0.151. The lowest BCUT2D eigenvalue weighted by atomic mass is 10.1. The van der Waals surface area contributed by atoms with Gasteiger partial charge in [0.15, 0.2) is 11.5 Å². The van der Waals surface area contributed by atoms with Gasteiger partial charge in [-0.3, -0.25) is 4.90 Å². The molecule has 1 aromatic rings. The molecule has 0 aromatic heterocycles. The monoisotopic (exact) mass is 247 g/mol. The Morgan fingerprint density at radius 3 is 2.61 bits per heavy atom. The van der Waals surface area contributed by atoms with Gasteiger partial charge in [-0.05, 0) is 45.0 Å². The van der Waals surface area contributed by atoms with Gasteiger partial charge in [-0.25, -0.2) is 0 Å². The zero-order valence-corrected chi connectivity index (χ0v) is 11.0. The van der Waals surface area contributed by atoms with Gasteiger partial charge in [-0.2, -0.15) is 0 Å². The highest BCUT2D eigenvalue weighted by molar-refractivity contribution is 5.40. The lowest BCUT2D eigenvalue weighted by Gasteiger charge is -2.38. The van der Waals surface area contributed by atoms with Gasteiger partial charge < -0.3 is 9.47 Å². The van der Waals surface area contributed by atoms with Crippen molar-refractivity contribution in [3.63, 3.8) is 0 Å². The van der Waals surface area contributed by atoms with Crippen molar-refractivity contribution >= 4 is 0 Å². The van der Waals surface area contributed by atoms with Crippen LogP contribution in [-0.2, 0) is 0 Å². The lowest BCUT2D eigenvalue weighted by Crippen LogP contribution is -2.49. The molecule has 1 saturated heterocycles. The molecule has 2 aliphatic heterocycles. The first-order valence-electron chi connectivity index (χ1n) is 6.97. The van der Waals surface area contributed by atoms with E-state index < -0.39 is 0 Å². The smallest absolute Gasteiger partial charge is 0.161 e. The summed E-state index contributed by atoms with van der Waals surface area (Å²) in [5.74, 6) is 1.76. The standard InChI is InChI=1S/C15H21NO2/c1-12(16-9-5-2-6-10-16)15-11-17-13-7-3-4-8-14(13)18-15/h3-4,7-8,12,15H,2,5-6,9-11H2,1H3/t12-,15+/m1/s1. The Morgan fingerprint density at radius 1 is 1.11 bits per heavy atom. The molecule has 2 atom stereocenters. The molecule has 1 fully saturated rings. The summed E-state index contributed by atoms with van der Waals surface area (Å²) >= 11 is 0. The highest BCUT2D eigenvalue weighted by Crippen LogP contribution is 2.32. The third-order valence-corrected chi connectivity index (χ3v) is 4.04. The predicted octanol–water partition coefficient (Wildman–Crippen LogP) is 2.70. The van der Waals surface area contributed by atoms with E-state index in [9.17, 15) is 0 Å². The first-order valence-corrected chi connectivity index (χ1v) is 6.97. The van der Waals surface area contributed by atoms with E-state index in [1.54, 1.807) is 0 Å². The maximum atomic E-state index is 6.08. The minimum absolute atomic E-state index is 0.151. The predicted molar refractivity (Wildman–Crippen MR) is 71.2 cm³/mol. The molecule has 3 heteroatoms. The third-order valence-electron chi connectivity index (χ3n) is 4.04. The molecule has 2 heterocycles. The summed E-state index contributed by atoms with van der Waals surface area (Å²) in [6.07, 6.45) is 4.15. The second-order valence-corrected chi connectivity index (χ2v) is 5.25. The average molecular weight is 247 g/mol. The molecule has 0 unspecified atom stereocenters. The van der Waals surface area contributed by atoms with Crippen LogP contribution in [0.5, 0.6) is 11.5 Å². The van der Waals surface area contributed by atoms with Crippen molar-refractivity contribution in [3.8, 4) is 11.5 Å². The van der Waals surface area contributed by atoms with E-state index in [2.05, 4.69) is 11.8 Å². The highest BCUT2D eigenvalue weighted by atomic mass is 16.6. The summed E-state index contributed by atoms with van der Waals surface area (Å²) in [6.45, 7) is 5.31. The molecule has 0 bridgehead atoms. The first-order chi connectivity index (χ1) is 8.84. The van der Waals surface area contributed by atoms with Crippen LogP contribution in [0.3, 0.4) is 0 Å². The molecule has 3 nitrogen and oxygen atoms in total. The molecule has 0 spiro atoms. The van der Waals surface area contributed by atoms with Crippen molar-refractivity contribution in [2.75, 3.05) is 19.7 Å². The number of hydrogen-bond donors (Lipinski definition) is 0. The number of piperidine rings is 1. The zero-order valence-electron chi connectivity index (χ0n) is 11.0. The number of likely N-dealkylation sites (tertiary alicyclic amines) is 1.